The van der Waals surface area contributed by atoms with Gasteiger partial charge in [-0.15, -0.1) is 0 Å². The van der Waals surface area contributed by atoms with Gasteiger partial charge in [-0.1, -0.05) is 152 Å². The molecule has 0 aliphatic rings. The van der Waals surface area contributed by atoms with Crippen molar-refractivity contribution < 1.29 is 0 Å². The lowest BCUT2D eigenvalue weighted by molar-refractivity contribution is 1.32. The van der Waals surface area contributed by atoms with Crippen LogP contribution in [-0.4, -0.2) is 28.2 Å². The number of hydrogen-bond donors (Lipinski definition) is 0. The van der Waals surface area contributed by atoms with Crippen molar-refractivity contribution in [2.75, 3.05) is 0 Å². The van der Waals surface area contributed by atoms with Crippen molar-refractivity contribution in [3.63, 3.8) is 0 Å². The molecule has 22 rings (SSSR count). The highest BCUT2D eigenvalue weighted by Crippen LogP contribution is 2.47. The molecule has 16 aromatic carbocycles. The summed E-state index contributed by atoms with van der Waals surface area (Å²) in [4.78, 5) is 16.3. The van der Waals surface area contributed by atoms with Crippen LogP contribution < -0.4 is 0 Å². The lowest BCUT2D eigenvalue weighted by atomic mass is 9.89. The van der Waals surface area contributed by atoms with Crippen LogP contribution in [0.15, 0.2) is 255 Å². The van der Waals surface area contributed by atoms with Crippen LogP contribution in [-0.2, 0) is 0 Å². The van der Waals surface area contributed by atoms with Crippen molar-refractivity contribution in [1.82, 2.24) is 28.2 Å². The predicted molar refractivity (Wildman–Crippen MR) is 403 cm³/mol. The summed E-state index contributed by atoms with van der Waals surface area (Å²) in [5.41, 5.74) is 15.3. The zero-order chi connectivity index (χ0) is 65.2. The minimum absolute atomic E-state index is 0.0524. The molecule has 0 aliphatic carbocycles. The molecule has 448 valence electrons. The lowest BCUT2D eigenvalue weighted by Gasteiger charge is -2.16. The number of hydrogen-bond acceptors (Lipinski definition) is 7. The predicted octanol–water partition coefficient (Wildman–Crippen LogP) is 21.9. The van der Waals surface area contributed by atoms with Crippen molar-refractivity contribution in [3.8, 4) is 46.5 Å². The highest BCUT2D eigenvalue weighted by Gasteiger charge is 2.26. The molecule has 10 heteroatoms. The van der Waals surface area contributed by atoms with E-state index >= 15 is 0 Å². The van der Waals surface area contributed by atoms with E-state index in [0.29, 0.717) is 10.8 Å². The summed E-state index contributed by atoms with van der Waals surface area (Å²) >= 11 is 0. The Balaban J connectivity index is 0.747. The number of pyridine rings is 3. The number of benzene rings is 16. The third-order valence-corrected chi connectivity index (χ3v) is 21.3. The molecule has 0 bridgehead atoms. The third-order valence-electron chi connectivity index (χ3n) is 21.3. The summed E-state index contributed by atoms with van der Waals surface area (Å²) in [6.45, 7) is 0. The number of imidazole rings is 3. The normalized spacial score (nSPS) is 12.2. The van der Waals surface area contributed by atoms with E-state index in [4.69, 9.17) is 15.0 Å². The zero-order valence-corrected chi connectivity index (χ0v) is 52.2. The van der Waals surface area contributed by atoms with Gasteiger partial charge >= 0.3 is 0 Å². The number of aromatic nitrogens is 6. The van der Waals surface area contributed by atoms with Crippen LogP contribution in [0, 0.1) is 45.3 Å². The van der Waals surface area contributed by atoms with Gasteiger partial charge in [0.2, 0.25) is 0 Å². The van der Waals surface area contributed by atoms with Gasteiger partial charge in [-0.3, -0.25) is 13.2 Å². The van der Waals surface area contributed by atoms with Gasteiger partial charge < -0.3 is 0 Å². The van der Waals surface area contributed by atoms with Crippen LogP contribution in [0.5, 0.6) is 0 Å². The molecule has 0 fully saturated rings. The molecule has 10 nitrogen and oxygen atoms in total. The molecule has 0 aliphatic heterocycles. The first-order valence-electron chi connectivity index (χ1n) is 32.9. The number of para-hydroxylation sites is 2. The van der Waals surface area contributed by atoms with Crippen molar-refractivity contribution in [2.45, 2.75) is 0 Å². The Morgan fingerprint density at radius 2 is 0.667 bits per heavy atom. The molecule has 0 N–H and O–H groups in total. The number of rotatable bonds is 2. The smallest absolute Gasteiger partial charge is 0.146 e. The van der Waals surface area contributed by atoms with Crippen LogP contribution in [0.1, 0.15) is 22.3 Å². The second kappa shape index (κ2) is 19.2. The first-order valence-corrected chi connectivity index (χ1v) is 32.9. The number of nitrogens with zero attached hydrogens (tertiary/aromatic N) is 10. The Labute approximate surface area is 559 Å². The fraction of sp³-hybridized carbons (Fsp3) is 0. The molecule has 0 saturated heterocycles. The van der Waals surface area contributed by atoms with Gasteiger partial charge in [0.25, 0.3) is 0 Å². The van der Waals surface area contributed by atoms with Crippen molar-refractivity contribution in [1.29, 1.82) is 21.0 Å². The lowest BCUT2D eigenvalue weighted by Crippen LogP contribution is -1.99. The Hall–Kier alpha value is -14.3. The minimum Gasteiger partial charge on any atom is -0.292 e. The van der Waals surface area contributed by atoms with Crippen molar-refractivity contribution in [3.05, 3.63) is 277 Å². The Bertz CT molecular complexity index is 7850. The van der Waals surface area contributed by atoms with Crippen molar-refractivity contribution >= 4 is 190 Å². The van der Waals surface area contributed by atoms with Gasteiger partial charge in [-0.25, -0.2) is 15.0 Å². The molecule has 0 unspecified atom stereocenters. The van der Waals surface area contributed by atoms with Crippen LogP contribution in [0.4, 0.5) is 0 Å². The molecule has 0 saturated carbocycles. The molecule has 0 atom stereocenters. The molecule has 0 amide bonds. The van der Waals surface area contributed by atoms with Gasteiger partial charge in [0.1, 0.15) is 41.2 Å². The summed E-state index contributed by atoms with van der Waals surface area (Å²) in [7, 11) is 0. The van der Waals surface area contributed by atoms with Gasteiger partial charge in [0, 0.05) is 48.5 Å². The summed E-state index contributed by atoms with van der Waals surface area (Å²) in [5.74, 6) is 0. The SMILES string of the molecule is N#Cc1c(C#N)c(C#N)c2cc3c(cc2c1C#N)c1cc2ccccc2cc1c1nc2ccc(-c4ccc5cc6c(cc5c4)c4c5ccccc5c5ccccc5c4n4c5ccc(-c7ccc8cc9c(cc8c7)c7c8ccccc8ccc7n7c8ccccc8nc97)cc5nc64)cc2n31. The molecule has 0 radical (unpaired) electrons. The second-order valence-corrected chi connectivity index (χ2v) is 26.2. The fourth-order valence-electron chi connectivity index (χ4n) is 16.9. The Kier molecular flexibility index (Phi) is 10.3. The number of fused-ring (bicyclic) bond motifs is 35. The monoisotopic (exact) mass is 1250 g/mol. The molecule has 6 aromatic heterocycles. The quantitative estimate of drug-likeness (QED) is 0.124. The van der Waals surface area contributed by atoms with Gasteiger partial charge in [-0.05, 0) is 201 Å². The van der Waals surface area contributed by atoms with E-state index < -0.39 is 0 Å². The van der Waals surface area contributed by atoms with Crippen molar-refractivity contribution in [2.24, 2.45) is 0 Å². The Morgan fingerprint density at radius 1 is 0.222 bits per heavy atom. The summed E-state index contributed by atoms with van der Waals surface area (Å²) in [5, 5.41) is 66.0. The van der Waals surface area contributed by atoms with Gasteiger partial charge in [0.15, 0.2) is 0 Å². The maximum atomic E-state index is 10.7. The van der Waals surface area contributed by atoms with Gasteiger partial charge in [0.05, 0.1) is 71.9 Å². The average molecular weight is 1250 g/mol. The summed E-state index contributed by atoms with van der Waals surface area (Å²) in [6.07, 6.45) is 0. The maximum absolute atomic E-state index is 10.7. The molecule has 0 spiro atoms. The number of nitriles is 4. The maximum Gasteiger partial charge on any atom is 0.146 e. The highest BCUT2D eigenvalue weighted by molar-refractivity contribution is 6.34. The Morgan fingerprint density at radius 3 is 1.35 bits per heavy atom. The molecule has 6 heterocycles. The topological polar surface area (TPSA) is 147 Å². The minimum atomic E-state index is -0.110. The summed E-state index contributed by atoms with van der Waals surface area (Å²) < 4.78 is 6.89. The highest BCUT2D eigenvalue weighted by atomic mass is 15.0. The van der Waals surface area contributed by atoms with E-state index in [9.17, 15) is 21.0 Å². The van der Waals surface area contributed by atoms with E-state index in [1.807, 2.05) is 24.3 Å². The average Bonchev–Trinajstić information content (AvgIpc) is 1.69. The van der Waals surface area contributed by atoms with Crippen LogP contribution >= 0.6 is 0 Å². The van der Waals surface area contributed by atoms with E-state index in [1.54, 1.807) is 0 Å². The standard InChI is InChI=1S/C89H42N10/c90-43-72-64-41-66-63-33-48-12-1-2-13-49(48)34-69(63)87-95-77-28-25-55(40-83(77)98(87)82(66)42-65(64)73(44-91)75(46-93)74(72)45-92)51-22-24-53-36-71-68(38-57(53)32-51)85-61-17-7-5-15-59(61)60-16-6-8-18-62(60)86(85)99-80-29-27-54(39-78(80)96-89(71)99)50-21-23-52-35-70-67(37-56(52)31-50)84-58-14-4-3-11-47(58)26-30-81(84)97-79-20-10-9-19-76(79)94-88(70)97/h1-42H. The molecular formula is C89H42N10. The van der Waals surface area contributed by atoms with E-state index in [-0.39, 0.29) is 22.3 Å². The second-order valence-electron chi connectivity index (χ2n) is 26.2. The first-order chi connectivity index (χ1) is 48.9. The van der Waals surface area contributed by atoms with Crippen LogP contribution in [0.2, 0.25) is 0 Å². The van der Waals surface area contributed by atoms with Crippen LogP contribution in [0.3, 0.4) is 0 Å². The van der Waals surface area contributed by atoms with E-state index in [1.165, 1.54) is 32.3 Å². The largest absolute Gasteiger partial charge is 0.292 e. The van der Waals surface area contributed by atoms with E-state index in [2.05, 4.69) is 268 Å². The summed E-state index contributed by atoms with van der Waals surface area (Å²) in [6, 6.07) is 100. The first kappa shape index (κ1) is 53.1. The fourth-order valence-corrected chi connectivity index (χ4v) is 16.9. The molecule has 99 heavy (non-hydrogen) atoms. The third kappa shape index (κ3) is 7.04. The zero-order valence-electron chi connectivity index (χ0n) is 52.2. The van der Waals surface area contributed by atoms with Crippen LogP contribution in [0.25, 0.3) is 213 Å². The molecule has 22 aromatic rings. The van der Waals surface area contributed by atoms with Gasteiger partial charge in [-0.2, -0.15) is 21.0 Å². The molecular weight excluding hydrogens is 1210 g/mol. The van der Waals surface area contributed by atoms with E-state index in [0.717, 1.165) is 170 Å².